The average molecular weight is 556 g/mol. The number of hydrogen-bond acceptors (Lipinski definition) is 4. The smallest absolute Gasteiger partial charge is 0.264 e. The lowest BCUT2D eigenvalue weighted by atomic mass is 10.1. The van der Waals surface area contributed by atoms with Crippen molar-refractivity contribution in [1.29, 1.82) is 0 Å². The zero-order chi connectivity index (χ0) is 27.7. The van der Waals surface area contributed by atoms with Crippen LogP contribution in [0.1, 0.15) is 37.8 Å². The number of carbonyl (C=O) groups is 2. The number of hydrogen-bond donors (Lipinski definition) is 1. The van der Waals surface area contributed by atoms with E-state index in [1.54, 1.807) is 30.3 Å². The minimum atomic E-state index is -4.12. The van der Waals surface area contributed by atoms with Crippen molar-refractivity contribution < 1.29 is 18.0 Å². The number of halogens is 1. The van der Waals surface area contributed by atoms with Gasteiger partial charge in [0.1, 0.15) is 12.6 Å². The van der Waals surface area contributed by atoms with Crippen molar-refractivity contribution in [2.24, 2.45) is 0 Å². The minimum Gasteiger partial charge on any atom is -0.354 e. The van der Waals surface area contributed by atoms with Gasteiger partial charge in [-0.15, -0.1) is 0 Å². The fourth-order valence-corrected chi connectivity index (χ4v) is 5.57. The second kappa shape index (κ2) is 13.4. The number of amides is 2. The van der Waals surface area contributed by atoms with Crippen LogP contribution in [0.15, 0.2) is 83.8 Å². The normalized spacial score (nSPS) is 12.0. The van der Waals surface area contributed by atoms with Gasteiger partial charge >= 0.3 is 0 Å². The van der Waals surface area contributed by atoms with Crippen LogP contribution in [0.4, 0.5) is 5.69 Å². The third-order valence-corrected chi connectivity index (χ3v) is 8.17. The van der Waals surface area contributed by atoms with Crippen molar-refractivity contribution in [3.8, 4) is 0 Å². The molecule has 0 bridgehead atoms. The molecule has 1 N–H and O–H groups in total. The van der Waals surface area contributed by atoms with E-state index in [-0.39, 0.29) is 17.3 Å². The number of nitrogens with zero attached hydrogens (tertiary/aromatic N) is 2. The summed E-state index contributed by atoms with van der Waals surface area (Å²) >= 11 is 5.98. The third kappa shape index (κ3) is 7.36. The third-order valence-electron chi connectivity index (χ3n) is 6.13. The first kappa shape index (κ1) is 29.2. The Labute approximate surface area is 230 Å². The number of carbonyl (C=O) groups excluding carboxylic acids is 2. The predicted octanol–water partition coefficient (Wildman–Crippen LogP) is 5.18. The van der Waals surface area contributed by atoms with Gasteiger partial charge in [0.05, 0.1) is 10.6 Å². The van der Waals surface area contributed by atoms with Crippen LogP contribution >= 0.6 is 11.6 Å². The number of anilines is 1. The SMILES string of the molecule is CCCNC(=O)C(CC)N(Cc1ccc(C)cc1)C(=O)CN(c1ccccc1)S(=O)(=O)c1ccc(Cl)cc1. The van der Waals surface area contributed by atoms with Gasteiger partial charge in [0, 0.05) is 18.1 Å². The summed E-state index contributed by atoms with van der Waals surface area (Å²) in [5, 5.41) is 3.29. The Hall–Kier alpha value is -3.36. The number of sulfonamides is 1. The molecule has 7 nitrogen and oxygen atoms in total. The molecule has 0 fully saturated rings. The molecule has 0 aliphatic carbocycles. The van der Waals surface area contributed by atoms with Crippen molar-refractivity contribution in [1.82, 2.24) is 10.2 Å². The molecule has 0 heterocycles. The molecule has 9 heteroatoms. The molecule has 0 spiro atoms. The highest BCUT2D eigenvalue weighted by Gasteiger charge is 2.33. The fraction of sp³-hybridized carbons (Fsp3) is 0.310. The van der Waals surface area contributed by atoms with Gasteiger partial charge in [-0.3, -0.25) is 13.9 Å². The van der Waals surface area contributed by atoms with Crippen molar-refractivity contribution in [2.45, 2.75) is 51.1 Å². The summed E-state index contributed by atoms with van der Waals surface area (Å²) in [5.41, 5.74) is 2.26. The first-order valence-electron chi connectivity index (χ1n) is 12.6. The maximum absolute atomic E-state index is 13.9. The first-order valence-corrected chi connectivity index (χ1v) is 14.4. The molecule has 0 aromatic heterocycles. The zero-order valence-corrected chi connectivity index (χ0v) is 23.5. The number of para-hydroxylation sites is 1. The van der Waals surface area contributed by atoms with E-state index in [4.69, 9.17) is 11.6 Å². The van der Waals surface area contributed by atoms with Crippen LogP contribution in [0.25, 0.3) is 0 Å². The van der Waals surface area contributed by atoms with Crippen molar-refractivity contribution in [3.05, 3.63) is 95.0 Å². The van der Waals surface area contributed by atoms with Crippen LogP contribution < -0.4 is 9.62 Å². The molecule has 1 unspecified atom stereocenters. The highest BCUT2D eigenvalue weighted by atomic mass is 35.5. The number of nitrogens with one attached hydrogen (secondary N) is 1. The fourth-order valence-electron chi connectivity index (χ4n) is 4.03. The molecule has 0 saturated carbocycles. The number of benzene rings is 3. The van der Waals surface area contributed by atoms with Gasteiger partial charge in [-0.1, -0.05) is 73.5 Å². The van der Waals surface area contributed by atoms with Gasteiger partial charge in [-0.2, -0.15) is 0 Å². The van der Waals surface area contributed by atoms with E-state index in [1.165, 1.54) is 29.2 Å². The molecule has 1 atom stereocenters. The highest BCUT2D eigenvalue weighted by Crippen LogP contribution is 2.25. The lowest BCUT2D eigenvalue weighted by molar-refractivity contribution is -0.140. The Bertz CT molecular complexity index is 1310. The van der Waals surface area contributed by atoms with Crippen LogP contribution in [0.2, 0.25) is 5.02 Å². The molecular weight excluding hydrogens is 522 g/mol. The molecule has 3 aromatic rings. The van der Waals surface area contributed by atoms with Gasteiger partial charge in [0.2, 0.25) is 11.8 Å². The summed E-state index contributed by atoms with van der Waals surface area (Å²) in [5.74, 6) is -0.743. The van der Waals surface area contributed by atoms with Crippen LogP contribution in [0.5, 0.6) is 0 Å². The number of rotatable bonds is 12. The summed E-state index contributed by atoms with van der Waals surface area (Å²) in [6.07, 6.45) is 1.14. The second-order valence-corrected chi connectivity index (χ2v) is 11.3. The van der Waals surface area contributed by atoms with E-state index >= 15 is 0 Å². The first-order chi connectivity index (χ1) is 18.2. The van der Waals surface area contributed by atoms with Crippen LogP contribution in [-0.2, 0) is 26.2 Å². The lowest BCUT2D eigenvalue weighted by Crippen LogP contribution is -2.52. The molecule has 0 saturated heterocycles. The van der Waals surface area contributed by atoms with E-state index < -0.39 is 28.5 Å². The molecular formula is C29H34ClN3O4S. The van der Waals surface area contributed by atoms with Gasteiger partial charge in [-0.05, 0) is 61.7 Å². The molecule has 0 aliphatic rings. The van der Waals surface area contributed by atoms with Crippen LogP contribution in [0.3, 0.4) is 0 Å². The summed E-state index contributed by atoms with van der Waals surface area (Å²) in [6, 6.07) is 21.2. The summed E-state index contributed by atoms with van der Waals surface area (Å²) in [4.78, 5) is 28.5. The molecule has 202 valence electrons. The van der Waals surface area contributed by atoms with Gasteiger partial charge in [-0.25, -0.2) is 8.42 Å². The standard InChI is InChI=1S/C29H34ClN3O4S/c1-4-19-31-29(35)27(5-2)32(20-23-13-11-22(3)12-14-23)28(34)21-33(25-9-7-6-8-10-25)38(36,37)26-17-15-24(30)16-18-26/h6-18,27H,4-5,19-21H2,1-3H3,(H,31,35). The van der Waals surface area contributed by atoms with Crippen molar-refractivity contribution >= 4 is 39.1 Å². The van der Waals surface area contributed by atoms with E-state index in [1.807, 2.05) is 45.0 Å². The van der Waals surface area contributed by atoms with Gasteiger partial charge < -0.3 is 10.2 Å². The Morgan fingerprint density at radius 1 is 0.921 bits per heavy atom. The maximum atomic E-state index is 13.9. The molecule has 3 aromatic carbocycles. The van der Waals surface area contributed by atoms with Crippen LogP contribution in [0, 0.1) is 6.92 Å². The Balaban J connectivity index is 2.01. The largest absolute Gasteiger partial charge is 0.354 e. The Morgan fingerprint density at radius 2 is 1.55 bits per heavy atom. The van der Waals surface area contributed by atoms with Gasteiger partial charge in [0.25, 0.3) is 10.0 Å². The summed E-state index contributed by atoms with van der Waals surface area (Å²) < 4.78 is 28.6. The molecule has 3 rings (SSSR count). The number of aryl methyl sites for hydroxylation is 1. The monoisotopic (exact) mass is 555 g/mol. The molecule has 2 amide bonds. The molecule has 38 heavy (non-hydrogen) atoms. The zero-order valence-electron chi connectivity index (χ0n) is 21.9. The Morgan fingerprint density at radius 3 is 2.13 bits per heavy atom. The average Bonchev–Trinajstić information content (AvgIpc) is 2.92. The van der Waals surface area contributed by atoms with E-state index in [2.05, 4.69) is 5.32 Å². The van der Waals surface area contributed by atoms with Crippen molar-refractivity contribution in [3.63, 3.8) is 0 Å². The van der Waals surface area contributed by atoms with Gasteiger partial charge in [0.15, 0.2) is 0 Å². The highest BCUT2D eigenvalue weighted by molar-refractivity contribution is 7.92. The lowest BCUT2D eigenvalue weighted by Gasteiger charge is -2.33. The molecule has 0 aliphatic heterocycles. The summed E-state index contributed by atoms with van der Waals surface area (Å²) in [6.45, 7) is 5.95. The second-order valence-electron chi connectivity index (χ2n) is 9.02. The van der Waals surface area contributed by atoms with E-state index in [0.29, 0.717) is 23.7 Å². The Kier molecular flexibility index (Phi) is 10.3. The maximum Gasteiger partial charge on any atom is 0.264 e. The van der Waals surface area contributed by atoms with E-state index in [9.17, 15) is 18.0 Å². The van der Waals surface area contributed by atoms with E-state index in [0.717, 1.165) is 21.9 Å². The topological polar surface area (TPSA) is 86.8 Å². The quantitative estimate of drug-likeness (QED) is 0.334. The van der Waals surface area contributed by atoms with Crippen molar-refractivity contribution in [2.75, 3.05) is 17.4 Å². The molecule has 0 radical (unpaired) electrons. The van der Waals surface area contributed by atoms with Crippen LogP contribution in [-0.4, -0.2) is 44.3 Å². The predicted molar refractivity (Wildman–Crippen MR) is 152 cm³/mol. The minimum absolute atomic E-state index is 0.0105. The summed E-state index contributed by atoms with van der Waals surface area (Å²) in [7, 11) is -4.12.